The average Bonchev–Trinajstić information content (AvgIpc) is 2.42. The number of hydrogen-bond donors (Lipinski definition) is 0. The Morgan fingerprint density at radius 1 is 1.39 bits per heavy atom. The Labute approximate surface area is 106 Å². The Bertz CT molecular complexity index is 559. The van der Waals surface area contributed by atoms with E-state index in [0.29, 0.717) is 19.2 Å². The fourth-order valence-corrected chi connectivity index (χ4v) is 1.88. The largest absolute Gasteiger partial charge is 0.493 e. The van der Waals surface area contributed by atoms with Crippen molar-refractivity contribution in [3.05, 3.63) is 29.3 Å². The predicted octanol–water partition coefficient (Wildman–Crippen LogP) is 2.69. The summed E-state index contributed by atoms with van der Waals surface area (Å²) in [6, 6.07) is 5.86. The van der Waals surface area contributed by atoms with E-state index in [2.05, 4.69) is 16.9 Å². The van der Waals surface area contributed by atoms with Gasteiger partial charge in [-0.1, -0.05) is 6.92 Å². The highest BCUT2D eigenvalue weighted by Gasteiger charge is 2.19. The molecule has 3 rings (SSSR count). The van der Waals surface area contributed by atoms with Crippen molar-refractivity contribution in [1.82, 2.24) is 0 Å². The molecule has 1 aromatic carbocycles. The molecule has 0 bridgehead atoms. The lowest BCUT2D eigenvalue weighted by Crippen LogP contribution is -2.20. The highest BCUT2D eigenvalue weighted by Crippen LogP contribution is 2.31. The monoisotopic (exact) mass is 242 g/mol. The third-order valence-electron chi connectivity index (χ3n) is 2.75. The standard InChI is InChI=1S/C14H14N2O2/c1-2-5-17-12-4-3-10-6-11-8-15-9-16-14(11)18-13(10)7-12/h3-4,6-8H,2,5,9H2,1H3. The minimum atomic E-state index is 0.439. The number of benzene rings is 1. The molecule has 4 nitrogen and oxygen atoms in total. The quantitative estimate of drug-likeness (QED) is 0.817. The maximum absolute atomic E-state index is 5.77. The summed E-state index contributed by atoms with van der Waals surface area (Å²) in [4.78, 5) is 8.34. The van der Waals surface area contributed by atoms with Crippen LogP contribution in [0.2, 0.25) is 0 Å². The van der Waals surface area contributed by atoms with Gasteiger partial charge in [0.2, 0.25) is 5.90 Å². The fraction of sp³-hybridized carbons (Fsp3) is 0.286. The number of rotatable bonds is 3. The van der Waals surface area contributed by atoms with Gasteiger partial charge in [-0.25, -0.2) is 4.99 Å². The molecule has 0 aromatic heterocycles. The summed E-state index contributed by atoms with van der Waals surface area (Å²) in [5.41, 5.74) is 1.96. The van der Waals surface area contributed by atoms with Crippen molar-refractivity contribution < 1.29 is 9.47 Å². The maximum Gasteiger partial charge on any atom is 0.225 e. The van der Waals surface area contributed by atoms with Crippen molar-refractivity contribution >= 4 is 18.2 Å². The molecular weight excluding hydrogens is 228 g/mol. The van der Waals surface area contributed by atoms with E-state index in [1.165, 1.54) is 0 Å². The molecular formula is C14H14N2O2. The van der Waals surface area contributed by atoms with E-state index < -0.39 is 0 Å². The molecule has 0 atom stereocenters. The van der Waals surface area contributed by atoms with E-state index in [0.717, 1.165) is 29.1 Å². The summed E-state index contributed by atoms with van der Waals surface area (Å²) in [5, 5.41) is 0. The third-order valence-corrected chi connectivity index (χ3v) is 2.75. The first kappa shape index (κ1) is 11.0. The Hall–Kier alpha value is -2.10. The Morgan fingerprint density at radius 2 is 2.33 bits per heavy atom. The van der Waals surface area contributed by atoms with Gasteiger partial charge in [0, 0.05) is 17.8 Å². The molecule has 0 radical (unpaired) electrons. The van der Waals surface area contributed by atoms with Crippen LogP contribution in [0.4, 0.5) is 0 Å². The molecule has 2 aliphatic rings. The van der Waals surface area contributed by atoms with Gasteiger partial charge in [0.05, 0.1) is 12.2 Å². The zero-order valence-corrected chi connectivity index (χ0v) is 10.2. The zero-order valence-electron chi connectivity index (χ0n) is 10.2. The highest BCUT2D eigenvalue weighted by molar-refractivity contribution is 6.19. The zero-order chi connectivity index (χ0) is 12.4. The molecule has 2 aliphatic heterocycles. The average molecular weight is 242 g/mol. The second kappa shape index (κ2) is 4.64. The number of fused-ring (bicyclic) bond motifs is 2. The Morgan fingerprint density at radius 3 is 3.22 bits per heavy atom. The van der Waals surface area contributed by atoms with Gasteiger partial charge >= 0.3 is 0 Å². The van der Waals surface area contributed by atoms with Crippen LogP contribution in [-0.2, 0) is 0 Å². The number of aliphatic imine (C=N–C) groups is 2. The van der Waals surface area contributed by atoms with Gasteiger partial charge in [-0.2, -0.15) is 0 Å². The lowest BCUT2D eigenvalue weighted by atomic mass is 10.1. The van der Waals surface area contributed by atoms with Crippen LogP contribution in [0.1, 0.15) is 18.9 Å². The van der Waals surface area contributed by atoms with E-state index in [-0.39, 0.29) is 0 Å². The van der Waals surface area contributed by atoms with Gasteiger partial charge in [0.25, 0.3) is 0 Å². The molecule has 4 heteroatoms. The molecule has 0 amide bonds. The van der Waals surface area contributed by atoms with E-state index in [1.807, 2.05) is 24.3 Å². The van der Waals surface area contributed by atoms with Crippen LogP contribution in [0.15, 0.2) is 33.8 Å². The van der Waals surface area contributed by atoms with Gasteiger partial charge < -0.3 is 9.47 Å². The first-order chi connectivity index (χ1) is 8.86. The minimum absolute atomic E-state index is 0.439. The summed E-state index contributed by atoms with van der Waals surface area (Å²) in [6.45, 7) is 3.24. The molecule has 0 spiro atoms. The van der Waals surface area contributed by atoms with E-state index >= 15 is 0 Å². The van der Waals surface area contributed by atoms with Crippen LogP contribution in [-0.4, -0.2) is 25.4 Å². The molecule has 0 saturated carbocycles. The van der Waals surface area contributed by atoms with Crippen molar-refractivity contribution in [2.75, 3.05) is 13.3 Å². The van der Waals surface area contributed by atoms with Crippen molar-refractivity contribution in [1.29, 1.82) is 0 Å². The number of hydrogen-bond acceptors (Lipinski definition) is 4. The van der Waals surface area contributed by atoms with Crippen LogP contribution in [0.5, 0.6) is 11.5 Å². The van der Waals surface area contributed by atoms with E-state index in [1.54, 1.807) is 6.21 Å². The van der Waals surface area contributed by atoms with Gasteiger partial charge in [0.15, 0.2) is 0 Å². The highest BCUT2D eigenvalue weighted by atomic mass is 16.5. The van der Waals surface area contributed by atoms with E-state index in [4.69, 9.17) is 9.47 Å². The molecule has 0 aliphatic carbocycles. The molecule has 0 fully saturated rings. The van der Waals surface area contributed by atoms with Crippen molar-refractivity contribution in [2.24, 2.45) is 9.98 Å². The molecule has 1 aromatic rings. The van der Waals surface area contributed by atoms with Gasteiger partial charge in [0.1, 0.15) is 18.2 Å². The van der Waals surface area contributed by atoms with Crippen LogP contribution < -0.4 is 9.47 Å². The second-order valence-corrected chi connectivity index (χ2v) is 4.17. The van der Waals surface area contributed by atoms with Crippen LogP contribution in [0, 0.1) is 0 Å². The van der Waals surface area contributed by atoms with Gasteiger partial charge in [-0.3, -0.25) is 4.99 Å². The first-order valence-corrected chi connectivity index (χ1v) is 6.08. The Kier molecular flexibility index (Phi) is 2.84. The molecule has 92 valence electrons. The molecule has 0 saturated heterocycles. The van der Waals surface area contributed by atoms with Crippen molar-refractivity contribution in [2.45, 2.75) is 13.3 Å². The lowest BCUT2D eigenvalue weighted by Gasteiger charge is -2.19. The number of ether oxygens (including phenoxy) is 2. The van der Waals surface area contributed by atoms with Crippen LogP contribution in [0.3, 0.4) is 0 Å². The predicted molar refractivity (Wildman–Crippen MR) is 71.6 cm³/mol. The summed E-state index contributed by atoms with van der Waals surface area (Å²) in [7, 11) is 0. The first-order valence-electron chi connectivity index (χ1n) is 6.08. The number of nitrogens with zero attached hydrogens (tertiary/aromatic N) is 2. The topological polar surface area (TPSA) is 43.2 Å². The van der Waals surface area contributed by atoms with Gasteiger partial charge in [-0.15, -0.1) is 0 Å². The SMILES string of the molecule is CCCOc1ccc2c(c1)OC1=NCN=CC1=C2. The normalized spacial score (nSPS) is 16.1. The maximum atomic E-state index is 5.77. The third kappa shape index (κ3) is 2.01. The molecule has 0 unspecified atom stereocenters. The molecule has 18 heavy (non-hydrogen) atoms. The van der Waals surface area contributed by atoms with Crippen molar-refractivity contribution in [3.63, 3.8) is 0 Å². The van der Waals surface area contributed by atoms with Crippen molar-refractivity contribution in [3.8, 4) is 11.5 Å². The summed E-state index contributed by atoms with van der Waals surface area (Å²) in [6.07, 6.45) is 4.82. The van der Waals surface area contributed by atoms with Gasteiger partial charge in [-0.05, 0) is 24.6 Å². The van der Waals surface area contributed by atoms with E-state index in [9.17, 15) is 0 Å². The molecule has 2 heterocycles. The van der Waals surface area contributed by atoms with Crippen LogP contribution >= 0.6 is 0 Å². The van der Waals surface area contributed by atoms with Crippen LogP contribution in [0.25, 0.3) is 6.08 Å². The fourth-order valence-electron chi connectivity index (χ4n) is 1.88. The lowest BCUT2D eigenvalue weighted by molar-refractivity contribution is 0.316. The minimum Gasteiger partial charge on any atom is -0.493 e. The Balaban J connectivity index is 1.92. The summed E-state index contributed by atoms with van der Waals surface area (Å²) >= 11 is 0. The summed E-state index contributed by atoms with van der Waals surface area (Å²) < 4.78 is 11.4. The second-order valence-electron chi connectivity index (χ2n) is 4.17. The smallest absolute Gasteiger partial charge is 0.225 e. The molecule has 0 N–H and O–H groups in total. The summed E-state index contributed by atoms with van der Waals surface area (Å²) in [5.74, 6) is 2.27.